The van der Waals surface area contributed by atoms with Gasteiger partial charge in [0.1, 0.15) is 5.52 Å². The Kier molecular flexibility index (Phi) is 3.63. The summed E-state index contributed by atoms with van der Waals surface area (Å²) in [6, 6.07) is 7.81. The summed E-state index contributed by atoms with van der Waals surface area (Å²) in [5.41, 5.74) is 2.90. The van der Waals surface area contributed by atoms with Crippen LogP contribution in [-0.2, 0) is 13.6 Å². The second-order valence-electron chi connectivity index (χ2n) is 6.27. The lowest BCUT2D eigenvalue weighted by atomic mass is 9.92. The molecule has 23 heavy (non-hydrogen) atoms. The Hall–Kier alpha value is -2.18. The average Bonchev–Trinajstić information content (AvgIpc) is 3.24. The van der Waals surface area contributed by atoms with Gasteiger partial charge in [-0.25, -0.2) is 4.98 Å². The van der Waals surface area contributed by atoms with Gasteiger partial charge in [-0.05, 0) is 17.7 Å². The van der Waals surface area contributed by atoms with E-state index in [9.17, 15) is 5.11 Å². The van der Waals surface area contributed by atoms with Gasteiger partial charge >= 0.3 is 0 Å². The van der Waals surface area contributed by atoms with E-state index in [4.69, 9.17) is 4.42 Å². The summed E-state index contributed by atoms with van der Waals surface area (Å²) in [5.74, 6) is 1.26. The molecule has 1 saturated heterocycles. The number of fused-ring (bicyclic) bond motifs is 1. The summed E-state index contributed by atoms with van der Waals surface area (Å²) >= 11 is 0. The minimum Gasteiger partial charge on any atom is -0.439 e. The van der Waals surface area contributed by atoms with E-state index in [1.165, 1.54) is 5.56 Å². The third kappa shape index (κ3) is 2.75. The molecule has 1 aliphatic heterocycles. The van der Waals surface area contributed by atoms with Crippen LogP contribution < -0.4 is 0 Å². The van der Waals surface area contributed by atoms with Crippen LogP contribution in [0.25, 0.3) is 11.1 Å². The highest BCUT2D eigenvalue weighted by molar-refractivity contribution is 5.72. The molecular weight excluding hydrogens is 292 g/mol. The Bertz CT molecular complexity index is 777. The fourth-order valence-corrected chi connectivity index (χ4v) is 3.46. The van der Waals surface area contributed by atoms with Gasteiger partial charge in [0, 0.05) is 44.8 Å². The largest absolute Gasteiger partial charge is 0.439 e. The lowest BCUT2D eigenvalue weighted by Gasteiger charge is -2.13. The Morgan fingerprint density at radius 3 is 2.91 bits per heavy atom. The fourth-order valence-electron chi connectivity index (χ4n) is 3.46. The van der Waals surface area contributed by atoms with Crippen molar-refractivity contribution < 1.29 is 9.52 Å². The van der Waals surface area contributed by atoms with Crippen molar-refractivity contribution in [1.29, 1.82) is 0 Å². The summed E-state index contributed by atoms with van der Waals surface area (Å²) in [7, 11) is 1.92. The summed E-state index contributed by atoms with van der Waals surface area (Å²) in [6.45, 7) is 2.58. The van der Waals surface area contributed by atoms with Crippen molar-refractivity contribution in [2.45, 2.75) is 12.5 Å². The zero-order valence-corrected chi connectivity index (χ0v) is 13.1. The van der Waals surface area contributed by atoms with E-state index in [2.05, 4.69) is 15.0 Å². The second kappa shape index (κ2) is 5.79. The molecule has 3 aromatic rings. The molecule has 1 fully saturated rings. The highest BCUT2D eigenvalue weighted by atomic mass is 16.3. The van der Waals surface area contributed by atoms with Crippen molar-refractivity contribution in [2.24, 2.45) is 13.0 Å². The summed E-state index contributed by atoms with van der Waals surface area (Å²) in [4.78, 5) is 6.84. The Balaban J connectivity index is 1.51. The zero-order chi connectivity index (χ0) is 15.8. The van der Waals surface area contributed by atoms with Crippen molar-refractivity contribution in [3.8, 4) is 0 Å². The lowest BCUT2D eigenvalue weighted by Crippen LogP contribution is -2.21. The summed E-state index contributed by atoms with van der Waals surface area (Å²) in [6.07, 6.45) is 3.94. The van der Waals surface area contributed by atoms with Gasteiger partial charge in [0.25, 0.3) is 0 Å². The molecule has 1 aromatic carbocycles. The van der Waals surface area contributed by atoms with Crippen molar-refractivity contribution in [3.05, 3.63) is 48.1 Å². The monoisotopic (exact) mass is 312 g/mol. The molecule has 1 N–H and O–H groups in total. The smallest absolute Gasteiger partial charge is 0.209 e. The van der Waals surface area contributed by atoms with Gasteiger partial charge in [0.2, 0.25) is 5.89 Å². The zero-order valence-electron chi connectivity index (χ0n) is 13.1. The maximum Gasteiger partial charge on any atom is 0.209 e. The predicted molar refractivity (Wildman–Crippen MR) is 85.8 cm³/mol. The molecule has 0 aliphatic carbocycles. The fraction of sp³-hybridized carbons (Fsp3) is 0.412. The number of aliphatic hydroxyl groups excluding tert-OH is 1. The number of nitrogens with zero attached hydrogens (tertiary/aromatic N) is 4. The first-order valence-corrected chi connectivity index (χ1v) is 7.89. The van der Waals surface area contributed by atoms with Gasteiger partial charge in [-0.15, -0.1) is 0 Å². The van der Waals surface area contributed by atoms with E-state index in [0.717, 1.165) is 30.1 Å². The topological polar surface area (TPSA) is 67.3 Å². The van der Waals surface area contributed by atoms with Gasteiger partial charge in [0.15, 0.2) is 5.58 Å². The standard InChI is InChI=1S/C17H20N4O2/c1-20-7-12(6-18-20)14-9-21(8-13(14)11-22)10-17-19-15-4-2-3-5-16(15)23-17/h2-7,13-14,22H,8-11H2,1H3/t13-,14-/m0/s1. The van der Waals surface area contributed by atoms with Crippen molar-refractivity contribution in [2.75, 3.05) is 19.7 Å². The number of rotatable bonds is 4. The second-order valence-corrected chi connectivity index (χ2v) is 6.27. The quantitative estimate of drug-likeness (QED) is 0.795. The van der Waals surface area contributed by atoms with E-state index >= 15 is 0 Å². The van der Waals surface area contributed by atoms with Crippen LogP contribution >= 0.6 is 0 Å². The molecule has 4 rings (SSSR count). The van der Waals surface area contributed by atoms with Crippen molar-refractivity contribution >= 4 is 11.1 Å². The lowest BCUT2D eigenvalue weighted by molar-refractivity contribution is 0.210. The van der Waals surface area contributed by atoms with Crippen LogP contribution in [0.1, 0.15) is 17.4 Å². The Morgan fingerprint density at radius 2 is 2.17 bits per heavy atom. The Labute approximate surface area is 134 Å². The molecule has 2 aromatic heterocycles. The average molecular weight is 312 g/mol. The van der Waals surface area contributed by atoms with E-state index < -0.39 is 0 Å². The van der Waals surface area contributed by atoms with E-state index in [1.807, 2.05) is 48.4 Å². The van der Waals surface area contributed by atoms with Gasteiger partial charge in [-0.3, -0.25) is 9.58 Å². The number of hydrogen-bond donors (Lipinski definition) is 1. The van der Waals surface area contributed by atoms with Gasteiger partial charge in [0.05, 0.1) is 12.7 Å². The van der Waals surface area contributed by atoms with Crippen LogP contribution in [0.2, 0.25) is 0 Å². The first-order chi connectivity index (χ1) is 11.2. The molecule has 0 spiro atoms. The number of likely N-dealkylation sites (tertiary alicyclic amines) is 1. The van der Waals surface area contributed by atoms with E-state index in [0.29, 0.717) is 12.5 Å². The molecule has 120 valence electrons. The van der Waals surface area contributed by atoms with E-state index in [-0.39, 0.29) is 12.5 Å². The van der Waals surface area contributed by atoms with E-state index in [1.54, 1.807) is 0 Å². The molecule has 0 amide bonds. The molecule has 1 aliphatic rings. The van der Waals surface area contributed by atoms with Crippen LogP contribution in [0.5, 0.6) is 0 Å². The first-order valence-electron chi connectivity index (χ1n) is 7.89. The SMILES string of the molecule is Cn1cc([C@@H]2CN(Cc3nc4ccccc4o3)C[C@H]2CO)cn1. The Morgan fingerprint density at radius 1 is 1.30 bits per heavy atom. The molecule has 0 radical (unpaired) electrons. The first kappa shape index (κ1) is 14.4. The molecule has 0 bridgehead atoms. The molecule has 6 nitrogen and oxygen atoms in total. The van der Waals surface area contributed by atoms with Gasteiger partial charge in [-0.2, -0.15) is 5.10 Å². The van der Waals surface area contributed by atoms with Crippen molar-refractivity contribution in [1.82, 2.24) is 19.7 Å². The number of aromatic nitrogens is 3. The summed E-state index contributed by atoms with van der Waals surface area (Å²) < 4.78 is 7.62. The number of aryl methyl sites for hydroxylation is 1. The van der Waals surface area contributed by atoms with Gasteiger partial charge in [-0.1, -0.05) is 12.1 Å². The highest BCUT2D eigenvalue weighted by Crippen LogP contribution is 2.33. The minimum absolute atomic E-state index is 0.184. The highest BCUT2D eigenvalue weighted by Gasteiger charge is 2.34. The molecule has 0 saturated carbocycles. The minimum atomic E-state index is 0.184. The molecule has 2 atom stereocenters. The van der Waals surface area contributed by atoms with Crippen LogP contribution in [0.4, 0.5) is 0 Å². The van der Waals surface area contributed by atoms with Crippen LogP contribution in [0.15, 0.2) is 41.1 Å². The number of aliphatic hydroxyl groups is 1. The predicted octanol–water partition coefficient (Wildman–Crippen LogP) is 1.77. The van der Waals surface area contributed by atoms with Crippen LogP contribution in [0.3, 0.4) is 0 Å². The molecule has 6 heteroatoms. The van der Waals surface area contributed by atoms with Crippen molar-refractivity contribution in [3.63, 3.8) is 0 Å². The number of benzene rings is 1. The number of oxazole rings is 1. The maximum atomic E-state index is 9.71. The molecular formula is C17H20N4O2. The van der Waals surface area contributed by atoms with Crippen LogP contribution in [0, 0.1) is 5.92 Å². The number of hydrogen-bond acceptors (Lipinski definition) is 5. The number of para-hydroxylation sites is 2. The normalized spacial score (nSPS) is 22.2. The maximum absolute atomic E-state index is 9.71. The molecule has 0 unspecified atom stereocenters. The van der Waals surface area contributed by atoms with Crippen LogP contribution in [-0.4, -0.2) is 44.5 Å². The third-order valence-electron chi connectivity index (χ3n) is 4.60. The third-order valence-corrected chi connectivity index (χ3v) is 4.60. The molecule has 3 heterocycles. The summed E-state index contributed by atoms with van der Waals surface area (Å²) in [5, 5.41) is 14.0. The van der Waals surface area contributed by atoms with Gasteiger partial charge < -0.3 is 9.52 Å².